The summed E-state index contributed by atoms with van der Waals surface area (Å²) in [6.45, 7) is 0. The molecule has 21 heavy (non-hydrogen) atoms. The Hall–Kier alpha value is -2.10. The number of nitrogens with zero attached hydrogens (tertiary/aromatic N) is 2. The highest BCUT2D eigenvalue weighted by molar-refractivity contribution is 6.50. The summed E-state index contributed by atoms with van der Waals surface area (Å²) >= 11 is 12.1. The Morgan fingerprint density at radius 1 is 0.952 bits per heavy atom. The van der Waals surface area contributed by atoms with Crippen LogP contribution in [0.15, 0.2) is 59.0 Å². The Balaban J connectivity index is 1.87. The molecule has 0 saturated carbocycles. The highest BCUT2D eigenvalue weighted by Crippen LogP contribution is 2.25. The van der Waals surface area contributed by atoms with Crippen LogP contribution in [0.25, 0.3) is 22.6 Å². The molecule has 0 unspecified atom stereocenters. The van der Waals surface area contributed by atoms with E-state index in [1.165, 1.54) is 0 Å². The van der Waals surface area contributed by atoms with Crippen LogP contribution >= 0.6 is 23.2 Å². The van der Waals surface area contributed by atoms with Gasteiger partial charge in [0, 0.05) is 10.6 Å². The number of aromatic nitrogens is 2. The lowest BCUT2D eigenvalue weighted by Gasteiger charge is -1.95. The first kappa shape index (κ1) is 13.9. The lowest BCUT2D eigenvalue weighted by Crippen LogP contribution is -1.78. The van der Waals surface area contributed by atoms with E-state index >= 15 is 0 Å². The molecule has 0 bridgehead atoms. The number of rotatable bonds is 3. The first-order chi connectivity index (χ1) is 10.2. The molecule has 3 rings (SSSR count). The number of hydrogen-bond donors (Lipinski definition) is 0. The highest BCUT2D eigenvalue weighted by Gasteiger charge is 2.10. The Morgan fingerprint density at radius 3 is 2.38 bits per heavy atom. The minimum atomic E-state index is 0.283. The van der Waals surface area contributed by atoms with E-state index in [4.69, 9.17) is 27.6 Å². The largest absolute Gasteiger partial charge is 0.415 e. The van der Waals surface area contributed by atoms with E-state index < -0.39 is 0 Å². The fourth-order valence-electron chi connectivity index (χ4n) is 1.78. The fourth-order valence-corrected chi connectivity index (χ4v) is 2.11. The monoisotopic (exact) mass is 316 g/mol. The van der Waals surface area contributed by atoms with Gasteiger partial charge >= 0.3 is 0 Å². The summed E-state index contributed by atoms with van der Waals surface area (Å²) in [5.41, 5.74) is 1.76. The molecular formula is C16H10Cl2N2O. The van der Waals surface area contributed by atoms with Crippen molar-refractivity contribution < 1.29 is 4.42 Å². The van der Waals surface area contributed by atoms with Crippen LogP contribution in [-0.2, 0) is 0 Å². The molecule has 0 aliphatic rings. The normalized spacial score (nSPS) is 11.6. The number of benzene rings is 2. The van der Waals surface area contributed by atoms with Crippen molar-refractivity contribution in [1.29, 1.82) is 0 Å². The zero-order valence-electron chi connectivity index (χ0n) is 10.8. The highest BCUT2D eigenvalue weighted by atomic mass is 35.5. The van der Waals surface area contributed by atoms with E-state index in [1.807, 2.05) is 42.5 Å². The second-order valence-corrected chi connectivity index (χ2v) is 5.17. The van der Waals surface area contributed by atoms with E-state index in [0.717, 1.165) is 11.1 Å². The Bertz CT molecular complexity index is 764. The number of hydrogen-bond acceptors (Lipinski definition) is 3. The molecule has 2 aromatic carbocycles. The smallest absolute Gasteiger partial charge is 0.259 e. The fraction of sp³-hybridized carbons (Fsp3) is 0. The standard InChI is InChI=1S/C16H10Cl2N2O/c17-13-8-6-11(7-9-13)10-14(18)16-20-19-15(21-16)12-4-2-1-3-5-12/h1-10H/b14-10-. The summed E-state index contributed by atoms with van der Waals surface area (Å²) in [6.07, 6.45) is 1.75. The maximum Gasteiger partial charge on any atom is 0.259 e. The topological polar surface area (TPSA) is 38.9 Å². The Labute approximate surface area is 131 Å². The van der Waals surface area contributed by atoms with Crippen molar-refractivity contribution >= 4 is 34.3 Å². The summed E-state index contributed by atoms with van der Waals surface area (Å²) in [6, 6.07) is 16.8. The molecule has 104 valence electrons. The molecule has 0 amide bonds. The van der Waals surface area contributed by atoms with Crippen LogP contribution in [0.5, 0.6) is 0 Å². The van der Waals surface area contributed by atoms with Gasteiger partial charge in [-0.25, -0.2) is 0 Å². The summed E-state index contributed by atoms with van der Waals surface area (Å²) in [4.78, 5) is 0. The maximum absolute atomic E-state index is 6.21. The molecule has 0 N–H and O–H groups in total. The third-order valence-electron chi connectivity index (χ3n) is 2.81. The maximum atomic E-state index is 6.21. The second-order valence-electron chi connectivity index (χ2n) is 4.32. The van der Waals surface area contributed by atoms with Gasteiger partial charge in [0.15, 0.2) is 0 Å². The van der Waals surface area contributed by atoms with E-state index in [1.54, 1.807) is 18.2 Å². The summed E-state index contributed by atoms with van der Waals surface area (Å²) in [7, 11) is 0. The van der Waals surface area contributed by atoms with Gasteiger partial charge in [0.1, 0.15) is 5.03 Å². The van der Waals surface area contributed by atoms with Gasteiger partial charge in [-0.2, -0.15) is 0 Å². The van der Waals surface area contributed by atoms with Gasteiger partial charge < -0.3 is 4.42 Å². The van der Waals surface area contributed by atoms with Gasteiger partial charge in [-0.1, -0.05) is 53.5 Å². The minimum absolute atomic E-state index is 0.283. The van der Waals surface area contributed by atoms with Crippen LogP contribution in [0.1, 0.15) is 11.5 Å². The van der Waals surface area contributed by atoms with Crippen LogP contribution in [0.3, 0.4) is 0 Å². The molecule has 1 aromatic heterocycles. The molecule has 0 radical (unpaired) electrons. The average molecular weight is 317 g/mol. The van der Waals surface area contributed by atoms with Crippen LogP contribution in [0, 0.1) is 0 Å². The molecule has 0 spiro atoms. The first-order valence-corrected chi connectivity index (χ1v) is 7.00. The molecule has 5 heteroatoms. The van der Waals surface area contributed by atoms with Crippen molar-refractivity contribution in [3.05, 3.63) is 71.1 Å². The van der Waals surface area contributed by atoms with Crippen molar-refractivity contribution in [2.24, 2.45) is 0 Å². The lowest BCUT2D eigenvalue weighted by molar-refractivity contribution is 0.556. The molecule has 1 heterocycles. The quantitative estimate of drug-likeness (QED) is 0.672. The van der Waals surface area contributed by atoms with E-state index in [-0.39, 0.29) is 5.89 Å². The lowest BCUT2D eigenvalue weighted by atomic mass is 10.2. The van der Waals surface area contributed by atoms with Crippen LogP contribution in [0.2, 0.25) is 5.02 Å². The molecule has 0 aliphatic heterocycles. The van der Waals surface area contributed by atoms with Gasteiger partial charge in [-0.15, -0.1) is 10.2 Å². The van der Waals surface area contributed by atoms with Crippen molar-refractivity contribution in [3.8, 4) is 11.5 Å². The van der Waals surface area contributed by atoms with Gasteiger partial charge in [0.25, 0.3) is 5.89 Å². The van der Waals surface area contributed by atoms with Gasteiger partial charge in [-0.05, 0) is 35.9 Å². The molecule has 0 fully saturated rings. The average Bonchev–Trinajstić information content (AvgIpc) is 3.00. The van der Waals surface area contributed by atoms with E-state index in [9.17, 15) is 0 Å². The number of halogens is 2. The van der Waals surface area contributed by atoms with Gasteiger partial charge in [0.2, 0.25) is 5.89 Å². The van der Waals surface area contributed by atoms with Gasteiger partial charge in [0.05, 0.1) is 0 Å². The van der Waals surface area contributed by atoms with Crippen LogP contribution in [0.4, 0.5) is 0 Å². The SMILES string of the molecule is Cl/C(=C\c1ccc(Cl)cc1)c1nnc(-c2ccccc2)o1. The van der Waals surface area contributed by atoms with Crippen molar-refractivity contribution in [2.45, 2.75) is 0 Å². The molecule has 0 saturated heterocycles. The Kier molecular flexibility index (Phi) is 4.04. The third kappa shape index (κ3) is 3.32. The summed E-state index contributed by atoms with van der Waals surface area (Å²) < 4.78 is 5.58. The zero-order valence-corrected chi connectivity index (χ0v) is 12.3. The van der Waals surface area contributed by atoms with Crippen molar-refractivity contribution in [3.63, 3.8) is 0 Å². The Morgan fingerprint density at radius 2 is 1.67 bits per heavy atom. The molecule has 3 aromatic rings. The predicted octanol–water partition coefficient (Wildman–Crippen LogP) is 5.13. The summed E-state index contributed by atoms with van der Waals surface area (Å²) in [5.74, 6) is 0.721. The predicted molar refractivity (Wildman–Crippen MR) is 84.9 cm³/mol. The van der Waals surface area contributed by atoms with Crippen LogP contribution < -0.4 is 0 Å². The van der Waals surface area contributed by atoms with Crippen LogP contribution in [-0.4, -0.2) is 10.2 Å². The minimum Gasteiger partial charge on any atom is -0.415 e. The molecule has 0 atom stereocenters. The van der Waals surface area contributed by atoms with Gasteiger partial charge in [-0.3, -0.25) is 0 Å². The first-order valence-electron chi connectivity index (χ1n) is 6.24. The molecular weight excluding hydrogens is 307 g/mol. The molecule has 0 aliphatic carbocycles. The van der Waals surface area contributed by atoms with E-state index in [0.29, 0.717) is 15.9 Å². The second kappa shape index (κ2) is 6.12. The summed E-state index contributed by atoms with van der Waals surface area (Å²) in [5, 5.41) is 9.02. The van der Waals surface area contributed by atoms with Crippen molar-refractivity contribution in [1.82, 2.24) is 10.2 Å². The van der Waals surface area contributed by atoms with E-state index in [2.05, 4.69) is 10.2 Å². The third-order valence-corrected chi connectivity index (χ3v) is 3.34. The zero-order chi connectivity index (χ0) is 14.7. The molecule has 3 nitrogen and oxygen atoms in total. The van der Waals surface area contributed by atoms with Crippen molar-refractivity contribution in [2.75, 3.05) is 0 Å².